The first-order chi connectivity index (χ1) is 18.1. The molecule has 0 atom stereocenters. The Morgan fingerprint density at radius 1 is 0.838 bits per heavy atom. The van der Waals surface area contributed by atoms with E-state index in [-0.39, 0.29) is 29.4 Å². The zero-order chi connectivity index (χ0) is 25.1. The molecule has 6 nitrogen and oxygen atoms in total. The van der Waals surface area contributed by atoms with Gasteiger partial charge in [-0.2, -0.15) is 0 Å². The fourth-order valence-electron chi connectivity index (χ4n) is 6.68. The molecule has 0 bridgehead atoms. The van der Waals surface area contributed by atoms with Gasteiger partial charge < -0.3 is 9.64 Å². The monoisotopic (exact) mass is 489 g/mol. The van der Waals surface area contributed by atoms with E-state index in [9.17, 15) is 9.59 Å². The molecule has 1 amide bonds. The Hall–Kier alpha value is -4.32. The third kappa shape index (κ3) is 3.05. The maximum Gasteiger partial charge on any atom is 0.277 e. The Balaban J connectivity index is 1.44. The average molecular weight is 490 g/mol. The van der Waals surface area contributed by atoms with E-state index in [0.717, 1.165) is 18.4 Å². The topological polar surface area (TPSA) is 54.8 Å². The molecule has 4 aromatic rings. The summed E-state index contributed by atoms with van der Waals surface area (Å²) >= 11 is 0. The summed E-state index contributed by atoms with van der Waals surface area (Å²) in [4.78, 5) is 28.4. The van der Waals surface area contributed by atoms with Crippen LogP contribution in [-0.2, 0) is 25.0 Å². The molecule has 0 saturated heterocycles. The van der Waals surface area contributed by atoms with Crippen molar-refractivity contribution in [3.8, 4) is 5.75 Å². The number of hydrogen-bond acceptors (Lipinski definition) is 4. The number of fused-ring (bicyclic) bond motifs is 6. The van der Waals surface area contributed by atoms with Crippen LogP contribution in [0, 0.1) is 5.92 Å². The highest BCUT2D eigenvalue weighted by molar-refractivity contribution is 5.96. The van der Waals surface area contributed by atoms with E-state index in [1.807, 2.05) is 35.0 Å². The number of amides is 1. The van der Waals surface area contributed by atoms with Crippen molar-refractivity contribution in [2.24, 2.45) is 5.92 Å². The van der Waals surface area contributed by atoms with E-state index in [4.69, 9.17) is 4.74 Å². The van der Waals surface area contributed by atoms with E-state index < -0.39 is 5.54 Å². The van der Waals surface area contributed by atoms with Crippen LogP contribution in [0.5, 0.6) is 5.75 Å². The first-order valence-corrected chi connectivity index (χ1v) is 12.7. The molecule has 0 spiro atoms. The van der Waals surface area contributed by atoms with Crippen LogP contribution in [0.3, 0.4) is 0 Å². The smallest absolute Gasteiger partial charge is 0.277 e. The molecule has 0 radical (unpaired) electrons. The maximum absolute atomic E-state index is 13.6. The number of pyridine rings is 1. The molecule has 0 fully saturated rings. The Labute approximate surface area is 215 Å². The lowest BCUT2D eigenvalue weighted by Crippen LogP contribution is -2.62. The summed E-state index contributed by atoms with van der Waals surface area (Å²) in [5.74, 6) is 0.186. The normalized spacial score (nSPS) is 21.3. The first kappa shape index (κ1) is 21.9. The minimum absolute atomic E-state index is 0.0958. The number of benzene rings is 3. The second kappa shape index (κ2) is 8.10. The van der Waals surface area contributed by atoms with Crippen LogP contribution in [0.25, 0.3) is 0 Å². The van der Waals surface area contributed by atoms with Crippen LogP contribution in [0.15, 0.2) is 95.9 Å². The summed E-state index contributed by atoms with van der Waals surface area (Å²) in [5, 5.41) is 2.28. The van der Waals surface area contributed by atoms with Gasteiger partial charge in [-0.25, -0.2) is 0 Å². The van der Waals surface area contributed by atoms with Crippen LogP contribution >= 0.6 is 0 Å². The molecule has 37 heavy (non-hydrogen) atoms. The molecule has 1 aromatic heterocycles. The summed E-state index contributed by atoms with van der Waals surface area (Å²) in [6.45, 7) is 0.607. The molecule has 3 aliphatic rings. The second-order valence-electron chi connectivity index (χ2n) is 10.2. The van der Waals surface area contributed by atoms with Gasteiger partial charge in [0, 0.05) is 25.2 Å². The summed E-state index contributed by atoms with van der Waals surface area (Å²) in [7, 11) is 1.80. The van der Waals surface area contributed by atoms with Gasteiger partial charge in [-0.05, 0) is 40.7 Å². The van der Waals surface area contributed by atoms with Gasteiger partial charge in [-0.1, -0.05) is 78.9 Å². The largest absolute Gasteiger partial charge is 0.482 e. The summed E-state index contributed by atoms with van der Waals surface area (Å²) in [5.41, 5.74) is 5.68. The van der Waals surface area contributed by atoms with Crippen molar-refractivity contribution in [2.45, 2.75) is 25.0 Å². The van der Waals surface area contributed by atoms with Crippen molar-refractivity contribution < 1.29 is 9.53 Å². The minimum Gasteiger partial charge on any atom is -0.482 e. The number of aromatic nitrogens is 1. The third-order valence-corrected chi connectivity index (χ3v) is 8.20. The van der Waals surface area contributed by atoms with Crippen molar-refractivity contribution in [3.63, 3.8) is 0 Å². The zero-order valence-electron chi connectivity index (χ0n) is 20.6. The molecule has 7 rings (SSSR count). The van der Waals surface area contributed by atoms with Crippen LogP contribution in [0.4, 0.5) is 0 Å². The summed E-state index contributed by atoms with van der Waals surface area (Å²) in [6.07, 6.45) is 3.67. The molecular weight excluding hydrogens is 462 g/mol. The van der Waals surface area contributed by atoms with E-state index in [0.29, 0.717) is 12.6 Å². The Morgan fingerprint density at radius 2 is 1.46 bits per heavy atom. The molecule has 2 heterocycles. The predicted molar refractivity (Wildman–Crippen MR) is 141 cm³/mol. The fraction of sp³-hybridized carbons (Fsp3) is 0.226. The van der Waals surface area contributed by atoms with Crippen molar-refractivity contribution in [1.82, 2.24) is 9.58 Å². The van der Waals surface area contributed by atoms with Crippen LogP contribution < -0.4 is 15.2 Å². The maximum atomic E-state index is 13.6. The van der Waals surface area contributed by atoms with Crippen molar-refractivity contribution in [2.75, 3.05) is 18.7 Å². The molecule has 184 valence electrons. The molecule has 0 unspecified atom stereocenters. The van der Waals surface area contributed by atoms with Crippen molar-refractivity contribution in [1.29, 1.82) is 0 Å². The van der Waals surface area contributed by atoms with E-state index in [1.54, 1.807) is 18.1 Å². The number of carbonyl (C=O) groups excluding carboxylic acids is 1. The summed E-state index contributed by atoms with van der Waals surface area (Å²) < 4.78 is 7.98. The minimum atomic E-state index is -0.456. The summed E-state index contributed by atoms with van der Waals surface area (Å²) in [6, 6.07) is 28.5. The Kier molecular flexibility index (Phi) is 4.80. The van der Waals surface area contributed by atoms with Gasteiger partial charge in [0.2, 0.25) is 5.43 Å². The molecule has 3 aromatic carbocycles. The van der Waals surface area contributed by atoms with E-state index in [2.05, 4.69) is 53.5 Å². The highest BCUT2D eigenvalue weighted by Gasteiger charge is 2.58. The molecular formula is C31H27N3O3. The van der Waals surface area contributed by atoms with Crippen molar-refractivity contribution in [3.05, 3.63) is 135 Å². The lowest BCUT2D eigenvalue weighted by atomic mass is 9.81. The molecule has 2 aliphatic carbocycles. The van der Waals surface area contributed by atoms with Crippen LogP contribution in [0.1, 0.15) is 38.3 Å². The zero-order valence-corrected chi connectivity index (χ0v) is 20.6. The molecule has 6 heteroatoms. The van der Waals surface area contributed by atoms with Gasteiger partial charge in [0.25, 0.3) is 5.91 Å². The van der Waals surface area contributed by atoms with Gasteiger partial charge in [0.1, 0.15) is 18.8 Å². The number of ether oxygens (including phenoxy) is 1. The quantitative estimate of drug-likeness (QED) is 0.434. The van der Waals surface area contributed by atoms with Gasteiger partial charge >= 0.3 is 0 Å². The van der Waals surface area contributed by atoms with Crippen LogP contribution in [0.2, 0.25) is 0 Å². The van der Waals surface area contributed by atoms with Crippen molar-refractivity contribution >= 4 is 5.91 Å². The highest BCUT2D eigenvalue weighted by Crippen LogP contribution is 2.56. The van der Waals surface area contributed by atoms with Gasteiger partial charge in [-0.15, -0.1) is 0 Å². The van der Waals surface area contributed by atoms with Gasteiger partial charge in [0.15, 0.2) is 11.4 Å². The number of carbonyl (C=O) groups is 1. The lowest BCUT2D eigenvalue weighted by molar-refractivity contribution is 0.0694. The molecule has 0 saturated carbocycles. The van der Waals surface area contributed by atoms with Crippen LogP contribution in [-0.4, -0.2) is 29.2 Å². The highest BCUT2D eigenvalue weighted by atomic mass is 16.5. The number of nitrogens with zero attached hydrogens (tertiary/aromatic N) is 3. The van der Waals surface area contributed by atoms with E-state index in [1.165, 1.54) is 28.3 Å². The predicted octanol–water partition coefficient (Wildman–Crippen LogP) is 4.08. The standard InChI is InChI=1S/C31H27N3O3/c1-32-20-34(31-24(17-22-11-5-7-13-25(22)31)18-23-12-6-8-14-26(23)31)33-16-15-27(35)29(28(33)30(32)36)37-19-21-9-3-2-4-10-21/h2-16,24H,17-20H2,1H3. The average Bonchev–Trinajstić information content (AvgIpc) is 3.42. The Bertz CT molecular complexity index is 1540. The third-order valence-electron chi connectivity index (χ3n) is 8.20. The first-order valence-electron chi connectivity index (χ1n) is 12.7. The van der Waals surface area contributed by atoms with E-state index >= 15 is 0 Å². The SMILES string of the molecule is CN1CN(C23c4ccccc4CC2Cc2ccccc23)n2ccc(=O)c(OCc3ccccc3)c2C1=O. The fourth-order valence-corrected chi connectivity index (χ4v) is 6.68. The number of rotatable bonds is 4. The van der Waals surface area contributed by atoms with Gasteiger partial charge in [-0.3, -0.25) is 19.3 Å². The molecule has 0 N–H and O–H groups in total. The second-order valence-corrected chi connectivity index (χ2v) is 10.2. The number of hydrogen-bond donors (Lipinski definition) is 0. The molecule has 1 aliphatic heterocycles. The lowest BCUT2D eigenvalue weighted by Gasteiger charge is -2.50. The van der Waals surface area contributed by atoms with Gasteiger partial charge in [0.05, 0.1) is 0 Å². The Morgan fingerprint density at radius 3 is 2.14 bits per heavy atom.